The molecular formula is C9H12N4O. The number of fused-ring (bicyclic) bond motifs is 1. The van der Waals surface area contributed by atoms with Crippen LogP contribution in [-0.2, 0) is 4.79 Å². The molecule has 1 aromatic rings. The highest BCUT2D eigenvalue weighted by atomic mass is 16.2. The summed E-state index contributed by atoms with van der Waals surface area (Å²) in [5.41, 5.74) is 0.748. The minimum atomic E-state index is 0.0868. The fourth-order valence-corrected chi connectivity index (χ4v) is 1.43. The van der Waals surface area contributed by atoms with Gasteiger partial charge in [-0.05, 0) is 6.92 Å². The lowest BCUT2D eigenvalue weighted by Gasteiger charge is -2.15. The van der Waals surface area contributed by atoms with Crippen LogP contribution in [0.3, 0.4) is 0 Å². The first-order chi connectivity index (χ1) is 6.68. The first kappa shape index (κ1) is 8.93. The van der Waals surface area contributed by atoms with E-state index >= 15 is 0 Å². The predicted octanol–water partition coefficient (Wildman–Crippen LogP) is 0.563. The maximum atomic E-state index is 11.5. The number of aromatic nitrogens is 2. The van der Waals surface area contributed by atoms with Crippen LogP contribution >= 0.6 is 0 Å². The van der Waals surface area contributed by atoms with E-state index in [0.717, 1.165) is 11.5 Å². The lowest BCUT2D eigenvalue weighted by atomic mass is 10.4. The molecule has 0 spiro atoms. The highest BCUT2D eigenvalue weighted by Crippen LogP contribution is 2.24. The van der Waals surface area contributed by atoms with Crippen LogP contribution < -0.4 is 10.2 Å². The first-order valence-electron chi connectivity index (χ1n) is 4.52. The number of hydrogen-bond donors (Lipinski definition) is 1. The van der Waals surface area contributed by atoms with Crippen molar-refractivity contribution < 1.29 is 4.79 Å². The number of nitrogens with zero attached hydrogens (tertiary/aromatic N) is 3. The zero-order chi connectivity index (χ0) is 10.1. The number of rotatable bonds is 0. The van der Waals surface area contributed by atoms with Crippen LogP contribution in [0.25, 0.3) is 0 Å². The number of aryl methyl sites for hydroxylation is 1. The third-order valence-corrected chi connectivity index (χ3v) is 2.26. The molecular weight excluding hydrogens is 180 g/mol. The molecule has 5 nitrogen and oxygen atoms in total. The topological polar surface area (TPSA) is 58.1 Å². The van der Waals surface area contributed by atoms with Crippen LogP contribution in [0.5, 0.6) is 0 Å². The third-order valence-electron chi connectivity index (χ3n) is 2.26. The van der Waals surface area contributed by atoms with Crippen LogP contribution in [0.1, 0.15) is 12.2 Å². The van der Waals surface area contributed by atoms with Crippen molar-refractivity contribution in [2.45, 2.75) is 13.3 Å². The molecule has 14 heavy (non-hydrogen) atoms. The second-order valence-electron chi connectivity index (χ2n) is 3.28. The number of hydrogen-bond acceptors (Lipinski definition) is 4. The maximum absolute atomic E-state index is 11.5. The molecule has 0 saturated heterocycles. The van der Waals surface area contributed by atoms with E-state index in [4.69, 9.17) is 0 Å². The van der Waals surface area contributed by atoms with E-state index in [2.05, 4.69) is 15.3 Å². The lowest BCUT2D eigenvalue weighted by Crippen LogP contribution is -2.25. The van der Waals surface area contributed by atoms with Crippen LogP contribution in [0, 0.1) is 6.92 Å². The van der Waals surface area contributed by atoms with E-state index in [9.17, 15) is 4.79 Å². The monoisotopic (exact) mass is 192 g/mol. The van der Waals surface area contributed by atoms with E-state index in [0.29, 0.717) is 18.8 Å². The van der Waals surface area contributed by atoms with Gasteiger partial charge in [0.05, 0.1) is 6.20 Å². The molecule has 74 valence electrons. The summed E-state index contributed by atoms with van der Waals surface area (Å²) in [6, 6.07) is 0. The van der Waals surface area contributed by atoms with Crippen molar-refractivity contribution in [3.05, 3.63) is 12.0 Å². The summed E-state index contributed by atoms with van der Waals surface area (Å²) >= 11 is 0. The number of amides is 1. The molecule has 1 aliphatic heterocycles. The smallest absolute Gasteiger partial charge is 0.228 e. The van der Waals surface area contributed by atoms with Gasteiger partial charge in [-0.3, -0.25) is 4.79 Å². The molecule has 0 saturated carbocycles. The molecule has 5 heteroatoms. The molecule has 0 bridgehead atoms. The summed E-state index contributed by atoms with van der Waals surface area (Å²) in [6.45, 7) is 2.46. The van der Waals surface area contributed by atoms with Gasteiger partial charge in [0.15, 0.2) is 5.82 Å². The van der Waals surface area contributed by atoms with Gasteiger partial charge in [0.1, 0.15) is 11.5 Å². The summed E-state index contributed by atoms with van der Waals surface area (Å²) in [6.07, 6.45) is 2.17. The van der Waals surface area contributed by atoms with Gasteiger partial charge in [-0.15, -0.1) is 0 Å². The van der Waals surface area contributed by atoms with Crippen molar-refractivity contribution in [3.63, 3.8) is 0 Å². The van der Waals surface area contributed by atoms with E-state index in [1.54, 1.807) is 18.1 Å². The SMILES string of the molecule is Cc1ncc2c(n1)NCCC(=O)N2C. The van der Waals surface area contributed by atoms with Crippen molar-refractivity contribution in [2.75, 3.05) is 23.8 Å². The average Bonchev–Trinajstić information content (AvgIpc) is 2.28. The standard InChI is InChI=1S/C9H12N4O/c1-6-11-5-7-9(12-6)10-4-3-8(14)13(7)2/h5H,3-4H2,1-2H3,(H,10,11,12). The Kier molecular flexibility index (Phi) is 2.07. The molecule has 0 fully saturated rings. The van der Waals surface area contributed by atoms with Crippen LogP contribution in [0.15, 0.2) is 6.20 Å². The van der Waals surface area contributed by atoms with Gasteiger partial charge in [-0.1, -0.05) is 0 Å². The summed E-state index contributed by atoms with van der Waals surface area (Å²) in [5.74, 6) is 1.54. The molecule has 0 aromatic carbocycles. The molecule has 0 radical (unpaired) electrons. The van der Waals surface area contributed by atoms with Crippen molar-refractivity contribution in [2.24, 2.45) is 0 Å². The minimum absolute atomic E-state index is 0.0868. The minimum Gasteiger partial charge on any atom is -0.368 e. The molecule has 1 aliphatic rings. The van der Waals surface area contributed by atoms with Crippen LogP contribution in [0.2, 0.25) is 0 Å². The van der Waals surface area contributed by atoms with Crippen molar-refractivity contribution in [1.29, 1.82) is 0 Å². The molecule has 0 atom stereocenters. The Labute approximate surface area is 82.2 Å². The largest absolute Gasteiger partial charge is 0.368 e. The quantitative estimate of drug-likeness (QED) is 0.652. The molecule has 2 heterocycles. The van der Waals surface area contributed by atoms with Crippen molar-refractivity contribution in [1.82, 2.24) is 9.97 Å². The normalized spacial score (nSPS) is 15.9. The van der Waals surface area contributed by atoms with Gasteiger partial charge in [-0.25, -0.2) is 9.97 Å². The number of anilines is 2. The second-order valence-corrected chi connectivity index (χ2v) is 3.28. The van der Waals surface area contributed by atoms with E-state index < -0.39 is 0 Å². The Hall–Kier alpha value is -1.65. The Morgan fingerprint density at radius 2 is 2.36 bits per heavy atom. The Balaban J connectivity index is 2.48. The Morgan fingerprint density at radius 1 is 1.57 bits per heavy atom. The highest BCUT2D eigenvalue weighted by molar-refractivity contribution is 5.96. The van der Waals surface area contributed by atoms with Crippen LogP contribution in [0.4, 0.5) is 11.5 Å². The van der Waals surface area contributed by atoms with Gasteiger partial charge in [-0.2, -0.15) is 0 Å². The fourth-order valence-electron chi connectivity index (χ4n) is 1.43. The highest BCUT2D eigenvalue weighted by Gasteiger charge is 2.19. The second kappa shape index (κ2) is 3.25. The summed E-state index contributed by atoms with van der Waals surface area (Å²) in [7, 11) is 1.74. The molecule has 1 aromatic heterocycles. The van der Waals surface area contributed by atoms with Crippen molar-refractivity contribution >= 4 is 17.4 Å². The fraction of sp³-hybridized carbons (Fsp3) is 0.444. The van der Waals surface area contributed by atoms with E-state index in [1.165, 1.54) is 0 Å². The molecule has 2 rings (SSSR count). The summed E-state index contributed by atoms with van der Waals surface area (Å²) in [5, 5.41) is 3.11. The number of nitrogens with one attached hydrogen (secondary N) is 1. The van der Waals surface area contributed by atoms with Crippen molar-refractivity contribution in [3.8, 4) is 0 Å². The number of carbonyl (C=O) groups excluding carboxylic acids is 1. The maximum Gasteiger partial charge on any atom is 0.228 e. The van der Waals surface area contributed by atoms with Crippen LogP contribution in [-0.4, -0.2) is 29.5 Å². The molecule has 0 aliphatic carbocycles. The first-order valence-corrected chi connectivity index (χ1v) is 4.52. The Bertz CT molecular complexity index is 377. The summed E-state index contributed by atoms with van der Waals surface area (Å²) in [4.78, 5) is 21.4. The lowest BCUT2D eigenvalue weighted by molar-refractivity contribution is -0.118. The van der Waals surface area contributed by atoms with Gasteiger partial charge in [0, 0.05) is 20.0 Å². The van der Waals surface area contributed by atoms with Gasteiger partial charge < -0.3 is 10.2 Å². The van der Waals surface area contributed by atoms with Gasteiger partial charge >= 0.3 is 0 Å². The summed E-state index contributed by atoms with van der Waals surface area (Å²) < 4.78 is 0. The van der Waals surface area contributed by atoms with Gasteiger partial charge in [0.25, 0.3) is 0 Å². The van der Waals surface area contributed by atoms with E-state index in [-0.39, 0.29) is 5.91 Å². The van der Waals surface area contributed by atoms with E-state index in [1.807, 2.05) is 6.92 Å². The van der Waals surface area contributed by atoms with Gasteiger partial charge in [0.2, 0.25) is 5.91 Å². The molecule has 1 N–H and O–H groups in total. The zero-order valence-corrected chi connectivity index (χ0v) is 8.24. The molecule has 1 amide bonds. The predicted molar refractivity (Wildman–Crippen MR) is 53.3 cm³/mol. The number of carbonyl (C=O) groups is 1. The third kappa shape index (κ3) is 1.41. The Morgan fingerprint density at radius 3 is 3.14 bits per heavy atom. The zero-order valence-electron chi connectivity index (χ0n) is 8.24. The molecule has 0 unspecified atom stereocenters. The average molecular weight is 192 g/mol.